The molecule has 0 bridgehead atoms. The van der Waals surface area contributed by atoms with Crippen LogP contribution < -0.4 is 9.64 Å². The van der Waals surface area contributed by atoms with Gasteiger partial charge in [0.2, 0.25) is 0 Å². The Hall–Kier alpha value is -3.19. The van der Waals surface area contributed by atoms with Gasteiger partial charge in [-0.15, -0.1) is 0 Å². The molecule has 0 fully saturated rings. The topological polar surface area (TPSA) is 56.6 Å². The number of aromatic nitrogens is 2. The molecule has 7 heteroatoms. The van der Waals surface area contributed by atoms with E-state index in [0.717, 1.165) is 28.9 Å². The average Bonchev–Trinajstić information content (AvgIpc) is 3.24. The molecule has 1 atom stereocenters. The zero-order valence-corrected chi connectivity index (χ0v) is 18.1. The van der Waals surface area contributed by atoms with Crippen molar-refractivity contribution in [1.82, 2.24) is 9.78 Å². The smallest absolute Gasteiger partial charge is 0.277 e. The van der Waals surface area contributed by atoms with Crippen LogP contribution in [0.1, 0.15) is 47.2 Å². The molecular formula is C24H26FN3O3. The summed E-state index contributed by atoms with van der Waals surface area (Å²) in [5, 5.41) is 4.71. The van der Waals surface area contributed by atoms with Gasteiger partial charge in [0, 0.05) is 18.4 Å². The summed E-state index contributed by atoms with van der Waals surface area (Å²) in [4.78, 5) is 15.4. The fourth-order valence-corrected chi connectivity index (χ4v) is 4.12. The fraction of sp³-hybridized carbons (Fsp3) is 0.333. The molecule has 1 aromatic heterocycles. The van der Waals surface area contributed by atoms with E-state index in [-0.39, 0.29) is 18.5 Å². The van der Waals surface area contributed by atoms with E-state index in [1.54, 1.807) is 35.9 Å². The quantitative estimate of drug-likeness (QED) is 0.558. The number of carbonyl (C=O) groups is 1. The van der Waals surface area contributed by atoms with Crippen molar-refractivity contribution < 1.29 is 18.7 Å². The van der Waals surface area contributed by atoms with Gasteiger partial charge in [0.1, 0.15) is 24.0 Å². The van der Waals surface area contributed by atoms with E-state index in [9.17, 15) is 9.18 Å². The van der Waals surface area contributed by atoms with Gasteiger partial charge in [-0.25, -0.2) is 9.07 Å². The maximum absolute atomic E-state index is 13.7. The molecule has 2 aromatic carbocycles. The van der Waals surface area contributed by atoms with E-state index < -0.39 is 6.04 Å². The number of benzene rings is 2. The summed E-state index contributed by atoms with van der Waals surface area (Å²) in [5.74, 6) is 0.585. The first-order valence-corrected chi connectivity index (χ1v) is 10.3. The van der Waals surface area contributed by atoms with Crippen molar-refractivity contribution in [2.45, 2.75) is 33.0 Å². The summed E-state index contributed by atoms with van der Waals surface area (Å²) in [6.07, 6.45) is 0.723. The van der Waals surface area contributed by atoms with Crippen LogP contribution in [0.5, 0.6) is 5.75 Å². The molecule has 0 spiro atoms. The molecule has 6 nitrogen and oxygen atoms in total. The third-order valence-corrected chi connectivity index (χ3v) is 5.41. The Bertz CT molecular complexity index is 1070. The maximum atomic E-state index is 13.7. The standard InChI is InChI=1S/C24H26FN3O3/c1-15(2)13-20-21-22(16-5-7-17(25)8-6-16)28(18-9-11-19(31-4)12-10-18)24(29)23(21)27(26-20)14-30-3/h5-12,15,22H,13-14H2,1-4H3. The molecule has 1 aliphatic heterocycles. The second-order valence-corrected chi connectivity index (χ2v) is 8.05. The molecule has 0 saturated heterocycles. The summed E-state index contributed by atoms with van der Waals surface area (Å²) >= 11 is 0. The Morgan fingerprint density at radius 2 is 1.74 bits per heavy atom. The zero-order valence-electron chi connectivity index (χ0n) is 18.1. The van der Waals surface area contributed by atoms with Gasteiger partial charge < -0.3 is 9.47 Å². The minimum absolute atomic E-state index is 0.158. The van der Waals surface area contributed by atoms with Gasteiger partial charge in [-0.2, -0.15) is 5.10 Å². The summed E-state index contributed by atoms with van der Waals surface area (Å²) in [6.45, 7) is 4.41. The first kappa shape index (κ1) is 21.1. The molecule has 4 rings (SSSR count). The normalized spacial score (nSPS) is 15.6. The number of methoxy groups -OCH3 is 2. The van der Waals surface area contributed by atoms with E-state index in [1.165, 1.54) is 12.1 Å². The highest BCUT2D eigenvalue weighted by molar-refractivity contribution is 6.11. The Morgan fingerprint density at radius 3 is 2.32 bits per heavy atom. The lowest BCUT2D eigenvalue weighted by Gasteiger charge is -2.27. The number of rotatable bonds is 7. The fourth-order valence-electron chi connectivity index (χ4n) is 4.12. The van der Waals surface area contributed by atoms with E-state index in [0.29, 0.717) is 17.4 Å². The van der Waals surface area contributed by atoms with Crippen LogP contribution in [0.15, 0.2) is 48.5 Å². The van der Waals surface area contributed by atoms with E-state index in [4.69, 9.17) is 14.6 Å². The van der Waals surface area contributed by atoms with Crippen molar-refractivity contribution in [3.8, 4) is 5.75 Å². The van der Waals surface area contributed by atoms with Gasteiger partial charge in [0.15, 0.2) is 0 Å². The summed E-state index contributed by atoms with van der Waals surface area (Å²) in [6, 6.07) is 13.3. The van der Waals surface area contributed by atoms with E-state index in [2.05, 4.69) is 13.8 Å². The third kappa shape index (κ3) is 3.81. The van der Waals surface area contributed by atoms with Gasteiger partial charge in [-0.1, -0.05) is 26.0 Å². The van der Waals surface area contributed by atoms with Crippen molar-refractivity contribution in [3.05, 3.63) is 76.9 Å². The molecule has 31 heavy (non-hydrogen) atoms. The van der Waals surface area contributed by atoms with Crippen molar-refractivity contribution in [3.63, 3.8) is 0 Å². The van der Waals surface area contributed by atoms with Crippen molar-refractivity contribution in [2.75, 3.05) is 19.1 Å². The molecule has 0 saturated carbocycles. The zero-order chi connectivity index (χ0) is 22.1. The van der Waals surface area contributed by atoms with Crippen molar-refractivity contribution in [1.29, 1.82) is 0 Å². The van der Waals surface area contributed by atoms with Crippen molar-refractivity contribution >= 4 is 11.6 Å². The predicted molar refractivity (Wildman–Crippen MR) is 116 cm³/mol. The van der Waals surface area contributed by atoms with Gasteiger partial charge in [-0.3, -0.25) is 9.69 Å². The van der Waals surface area contributed by atoms with Crippen LogP contribution in [0.4, 0.5) is 10.1 Å². The predicted octanol–water partition coefficient (Wildman–Crippen LogP) is 4.58. The van der Waals surface area contributed by atoms with Gasteiger partial charge >= 0.3 is 0 Å². The number of hydrogen-bond acceptors (Lipinski definition) is 4. The number of carbonyl (C=O) groups excluding carboxylic acids is 1. The van der Waals surface area contributed by atoms with Gasteiger partial charge in [0.25, 0.3) is 5.91 Å². The molecule has 1 aliphatic rings. The summed E-state index contributed by atoms with van der Waals surface area (Å²) in [7, 11) is 3.18. The molecule has 162 valence electrons. The Kier molecular flexibility index (Phi) is 5.78. The molecule has 1 unspecified atom stereocenters. The second-order valence-electron chi connectivity index (χ2n) is 8.05. The second kappa shape index (κ2) is 8.51. The van der Waals surface area contributed by atoms with Crippen LogP contribution >= 0.6 is 0 Å². The molecule has 3 aromatic rings. The number of hydrogen-bond donors (Lipinski definition) is 0. The number of anilines is 1. The minimum Gasteiger partial charge on any atom is -0.497 e. The largest absolute Gasteiger partial charge is 0.497 e. The van der Waals surface area contributed by atoms with Crippen LogP contribution in [-0.4, -0.2) is 29.9 Å². The monoisotopic (exact) mass is 423 g/mol. The Balaban J connectivity index is 1.91. The molecule has 0 radical (unpaired) electrons. The maximum Gasteiger partial charge on any atom is 0.277 e. The highest BCUT2D eigenvalue weighted by Gasteiger charge is 2.44. The number of ether oxygens (including phenoxy) is 2. The van der Waals surface area contributed by atoms with Crippen LogP contribution in [-0.2, 0) is 17.9 Å². The van der Waals surface area contributed by atoms with Gasteiger partial charge in [-0.05, 0) is 54.3 Å². The van der Waals surface area contributed by atoms with E-state index in [1.807, 2.05) is 24.3 Å². The van der Waals surface area contributed by atoms with E-state index >= 15 is 0 Å². The van der Waals surface area contributed by atoms with Gasteiger partial charge in [0.05, 0.1) is 18.8 Å². The van der Waals surface area contributed by atoms with Crippen molar-refractivity contribution in [2.24, 2.45) is 5.92 Å². The molecular weight excluding hydrogens is 397 g/mol. The lowest BCUT2D eigenvalue weighted by Crippen LogP contribution is -2.30. The lowest BCUT2D eigenvalue weighted by atomic mass is 9.95. The Morgan fingerprint density at radius 1 is 1.06 bits per heavy atom. The molecule has 0 N–H and O–H groups in total. The Labute approximate surface area is 181 Å². The molecule has 1 amide bonds. The minimum atomic E-state index is -0.407. The highest BCUT2D eigenvalue weighted by atomic mass is 19.1. The summed E-state index contributed by atoms with van der Waals surface area (Å²) in [5.41, 5.74) is 3.80. The highest BCUT2D eigenvalue weighted by Crippen LogP contribution is 2.44. The molecule has 0 aliphatic carbocycles. The number of amides is 1. The number of nitrogens with zero attached hydrogens (tertiary/aromatic N) is 3. The van der Waals surface area contributed by atoms with Crippen LogP contribution in [0, 0.1) is 11.7 Å². The third-order valence-electron chi connectivity index (χ3n) is 5.41. The number of fused-ring (bicyclic) bond motifs is 1. The van der Waals surface area contributed by atoms with Crippen LogP contribution in [0.3, 0.4) is 0 Å². The van der Waals surface area contributed by atoms with Crippen LogP contribution in [0.25, 0.3) is 0 Å². The molecule has 2 heterocycles. The first-order valence-electron chi connectivity index (χ1n) is 10.3. The van der Waals surface area contributed by atoms with Crippen LogP contribution in [0.2, 0.25) is 0 Å². The first-order chi connectivity index (χ1) is 14.9. The SMILES string of the molecule is COCn1nc(CC(C)C)c2c1C(=O)N(c1ccc(OC)cc1)C2c1ccc(F)cc1. The summed E-state index contributed by atoms with van der Waals surface area (Å²) < 4.78 is 25.9. The lowest BCUT2D eigenvalue weighted by molar-refractivity contribution is 0.0933. The average molecular weight is 423 g/mol. The number of halogens is 1.